The summed E-state index contributed by atoms with van der Waals surface area (Å²) in [4.78, 5) is 18.9. The normalized spacial score (nSPS) is 13.1. The summed E-state index contributed by atoms with van der Waals surface area (Å²) in [6, 6.07) is 13.0. The Hall–Kier alpha value is -2.61. The zero-order valence-corrected chi connectivity index (χ0v) is 18.0. The number of carbonyl (C=O) groups excluding carboxylic acids is 1. The fraction of sp³-hybridized carbons (Fsp3) is 0.273. The highest BCUT2D eigenvalue weighted by Crippen LogP contribution is 2.36. The Balaban J connectivity index is 1.49. The highest BCUT2D eigenvalue weighted by Gasteiger charge is 2.26. The van der Waals surface area contributed by atoms with Crippen molar-refractivity contribution in [3.63, 3.8) is 0 Å². The highest BCUT2D eigenvalue weighted by atomic mass is 35.5. The summed E-state index contributed by atoms with van der Waals surface area (Å²) in [6.07, 6.45) is 0.780. The minimum Gasteiger partial charge on any atom is -0.492 e. The Morgan fingerprint density at radius 3 is 2.83 bits per heavy atom. The van der Waals surface area contributed by atoms with Crippen LogP contribution >= 0.6 is 22.9 Å². The van der Waals surface area contributed by atoms with Gasteiger partial charge in [-0.1, -0.05) is 11.6 Å². The lowest BCUT2D eigenvalue weighted by molar-refractivity contribution is -0.121. The van der Waals surface area contributed by atoms with Crippen molar-refractivity contribution in [2.45, 2.75) is 6.42 Å². The maximum atomic E-state index is 12.5. The first-order valence-corrected chi connectivity index (χ1v) is 10.8. The average molecular weight is 445 g/mol. The van der Waals surface area contributed by atoms with Gasteiger partial charge in [0, 0.05) is 29.5 Å². The quantitative estimate of drug-likeness (QED) is 0.513. The van der Waals surface area contributed by atoms with Crippen LogP contribution in [0.3, 0.4) is 0 Å². The Labute approximate surface area is 184 Å². The number of halogens is 1. The average Bonchev–Trinajstić information content (AvgIpc) is 3.24. The molecule has 1 aromatic heterocycles. The van der Waals surface area contributed by atoms with Gasteiger partial charge in [-0.25, -0.2) is 4.98 Å². The maximum absolute atomic E-state index is 12.5. The van der Waals surface area contributed by atoms with Gasteiger partial charge < -0.3 is 19.1 Å². The first-order chi connectivity index (χ1) is 14.6. The summed E-state index contributed by atoms with van der Waals surface area (Å²) in [5.74, 6) is 1.29. The van der Waals surface area contributed by atoms with Crippen molar-refractivity contribution >= 4 is 34.5 Å². The van der Waals surface area contributed by atoms with E-state index in [1.54, 1.807) is 47.6 Å². The summed E-state index contributed by atoms with van der Waals surface area (Å²) in [7, 11) is 1.68. The van der Waals surface area contributed by atoms with Crippen LogP contribution < -0.4 is 14.4 Å². The van der Waals surface area contributed by atoms with E-state index in [2.05, 4.69) is 4.98 Å². The summed E-state index contributed by atoms with van der Waals surface area (Å²) in [5, 5.41) is 3.69. The summed E-state index contributed by atoms with van der Waals surface area (Å²) >= 11 is 7.50. The van der Waals surface area contributed by atoms with Crippen molar-refractivity contribution < 1.29 is 19.0 Å². The number of nitrogens with zero attached hydrogens (tertiary/aromatic N) is 2. The first-order valence-electron chi connectivity index (χ1n) is 9.53. The zero-order valence-electron chi connectivity index (χ0n) is 16.5. The topological polar surface area (TPSA) is 60.9 Å². The van der Waals surface area contributed by atoms with E-state index in [4.69, 9.17) is 25.8 Å². The van der Waals surface area contributed by atoms with Gasteiger partial charge >= 0.3 is 0 Å². The van der Waals surface area contributed by atoms with Gasteiger partial charge in [0.1, 0.15) is 18.1 Å². The molecule has 0 fully saturated rings. The van der Waals surface area contributed by atoms with Gasteiger partial charge in [0.15, 0.2) is 6.61 Å². The molecule has 0 saturated heterocycles. The second-order valence-electron chi connectivity index (χ2n) is 6.69. The fourth-order valence-corrected chi connectivity index (χ4v) is 4.05. The largest absolute Gasteiger partial charge is 0.492 e. The van der Waals surface area contributed by atoms with E-state index in [-0.39, 0.29) is 12.5 Å². The molecular weight excluding hydrogens is 424 g/mol. The molecule has 0 unspecified atom stereocenters. The zero-order chi connectivity index (χ0) is 20.9. The first kappa shape index (κ1) is 20.7. The molecule has 0 aliphatic carbocycles. The third-order valence-electron chi connectivity index (χ3n) is 4.67. The monoisotopic (exact) mass is 444 g/mol. The molecule has 156 valence electrons. The predicted octanol–water partition coefficient (Wildman–Crippen LogP) is 4.46. The molecular formula is C22H21ClN2O4S. The number of fused-ring (bicyclic) bond motifs is 1. The smallest absolute Gasteiger partial charge is 0.265 e. The number of aromatic nitrogens is 1. The van der Waals surface area contributed by atoms with Gasteiger partial charge in [-0.2, -0.15) is 0 Å². The highest BCUT2D eigenvalue weighted by molar-refractivity contribution is 7.09. The van der Waals surface area contributed by atoms with E-state index in [0.29, 0.717) is 36.3 Å². The van der Waals surface area contributed by atoms with Crippen molar-refractivity contribution in [3.8, 4) is 22.8 Å². The number of rotatable bonds is 8. The number of hydrogen-bond donors (Lipinski definition) is 0. The van der Waals surface area contributed by atoms with Gasteiger partial charge in [0.2, 0.25) is 0 Å². The molecule has 0 N–H and O–H groups in total. The van der Waals surface area contributed by atoms with Crippen LogP contribution in [0.4, 0.5) is 5.69 Å². The number of hydrogen-bond acceptors (Lipinski definition) is 6. The van der Waals surface area contributed by atoms with Crippen LogP contribution in [0, 0.1) is 0 Å². The molecule has 0 atom stereocenters. The van der Waals surface area contributed by atoms with Crippen molar-refractivity contribution in [2.75, 3.05) is 38.4 Å². The van der Waals surface area contributed by atoms with Crippen molar-refractivity contribution in [1.29, 1.82) is 0 Å². The summed E-state index contributed by atoms with van der Waals surface area (Å²) in [6.45, 7) is 1.43. The predicted molar refractivity (Wildman–Crippen MR) is 118 cm³/mol. The van der Waals surface area contributed by atoms with Crippen LogP contribution in [-0.2, 0) is 16.0 Å². The molecule has 0 bridgehead atoms. The Kier molecular flexibility index (Phi) is 6.52. The van der Waals surface area contributed by atoms with Crippen LogP contribution in [0.2, 0.25) is 5.02 Å². The maximum Gasteiger partial charge on any atom is 0.265 e. The van der Waals surface area contributed by atoms with E-state index < -0.39 is 0 Å². The Morgan fingerprint density at radius 1 is 1.20 bits per heavy atom. The van der Waals surface area contributed by atoms with E-state index in [0.717, 1.165) is 28.4 Å². The molecule has 0 spiro atoms. The number of carbonyl (C=O) groups is 1. The van der Waals surface area contributed by atoms with Crippen molar-refractivity contribution in [3.05, 3.63) is 57.9 Å². The van der Waals surface area contributed by atoms with Gasteiger partial charge in [0.25, 0.3) is 5.91 Å². The molecule has 0 saturated carbocycles. The Morgan fingerprint density at radius 2 is 2.03 bits per heavy atom. The number of anilines is 1. The molecule has 1 aliphatic heterocycles. The lowest BCUT2D eigenvalue weighted by Crippen LogP contribution is -2.41. The molecule has 8 heteroatoms. The fourth-order valence-electron chi connectivity index (χ4n) is 3.14. The third-order valence-corrected chi connectivity index (χ3v) is 5.83. The number of thiazole rings is 1. The molecule has 30 heavy (non-hydrogen) atoms. The van der Waals surface area contributed by atoms with Crippen LogP contribution in [0.15, 0.2) is 47.8 Å². The van der Waals surface area contributed by atoms with Gasteiger partial charge in [-0.15, -0.1) is 11.3 Å². The van der Waals surface area contributed by atoms with Crippen LogP contribution in [-0.4, -0.2) is 44.4 Å². The van der Waals surface area contributed by atoms with Gasteiger partial charge in [0.05, 0.1) is 29.5 Å². The molecule has 1 amide bonds. The number of methoxy groups -OCH3 is 1. The summed E-state index contributed by atoms with van der Waals surface area (Å²) in [5.41, 5.74) is 2.55. The number of benzene rings is 2. The molecule has 3 aromatic rings. The lowest BCUT2D eigenvalue weighted by atomic mass is 10.1. The second kappa shape index (κ2) is 9.47. The third kappa shape index (κ3) is 4.75. The van der Waals surface area contributed by atoms with E-state index in [9.17, 15) is 4.79 Å². The lowest BCUT2D eigenvalue weighted by Gasteiger charge is -2.29. The van der Waals surface area contributed by atoms with Gasteiger partial charge in [-0.3, -0.25) is 4.79 Å². The molecule has 4 rings (SSSR count). The van der Waals surface area contributed by atoms with Crippen LogP contribution in [0.1, 0.15) is 5.01 Å². The van der Waals surface area contributed by atoms with Crippen molar-refractivity contribution in [1.82, 2.24) is 4.98 Å². The summed E-state index contributed by atoms with van der Waals surface area (Å²) < 4.78 is 16.5. The standard InChI is InChI=1S/C22H21ClN2O4S/c1-27-10-8-21-24-18(14-30-21)15-2-7-20-19(12-15)25(22(26)13-29-20)9-11-28-17-5-3-16(23)4-6-17/h2-7,12,14H,8-11,13H2,1H3. The van der Waals surface area contributed by atoms with E-state index in [1.807, 2.05) is 23.6 Å². The van der Waals surface area contributed by atoms with Crippen LogP contribution in [0.25, 0.3) is 11.3 Å². The van der Waals surface area contributed by atoms with Gasteiger partial charge in [-0.05, 0) is 42.5 Å². The molecule has 2 heterocycles. The van der Waals surface area contributed by atoms with Crippen molar-refractivity contribution in [2.24, 2.45) is 0 Å². The number of amides is 1. The Bertz CT molecular complexity index is 1020. The second-order valence-corrected chi connectivity index (χ2v) is 8.07. The van der Waals surface area contributed by atoms with E-state index >= 15 is 0 Å². The number of ether oxygens (including phenoxy) is 3. The van der Waals surface area contributed by atoms with E-state index in [1.165, 1.54) is 0 Å². The molecule has 0 radical (unpaired) electrons. The molecule has 2 aromatic carbocycles. The van der Waals surface area contributed by atoms with Crippen LogP contribution in [0.5, 0.6) is 11.5 Å². The minimum absolute atomic E-state index is 0.0190. The molecule has 1 aliphatic rings. The molecule has 6 nitrogen and oxygen atoms in total. The SMILES string of the molecule is COCCc1nc(-c2ccc3c(c2)N(CCOc2ccc(Cl)cc2)C(=O)CO3)cs1. The minimum atomic E-state index is -0.0987.